The van der Waals surface area contributed by atoms with Crippen LogP contribution in [0.5, 0.6) is 11.5 Å². The summed E-state index contributed by atoms with van der Waals surface area (Å²) in [4.78, 5) is 0. The first-order valence-corrected chi connectivity index (χ1v) is 8.39. The Morgan fingerprint density at radius 1 is 0.692 bits per heavy atom. The molecule has 2 aromatic carbocycles. The highest BCUT2D eigenvalue weighted by Gasteiger charge is 1.98. The molecule has 0 fully saturated rings. The Labute approximate surface area is 155 Å². The van der Waals surface area contributed by atoms with Crippen molar-refractivity contribution in [1.82, 2.24) is 10.0 Å². The zero-order chi connectivity index (χ0) is 18.8. The van der Waals surface area contributed by atoms with E-state index in [0.717, 1.165) is 35.7 Å². The summed E-state index contributed by atoms with van der Waals surface area (Å²) in [7, 11) is 7.21. The van der Waals surface area contributed by atoms with Gasteiger partial charge in [0.05, 0.1) is 39.7 Å². The van der Waals surface area contributed by atoms with Crippen LogP contribution in [0.1, 0.15) is 11.1 Å². The van der Waals surface area contributed by atoms with Crippen LogP contribution in [0.3, 0.4) is 0 Å². The van der Waals surface area contributed by atoms with Crippen LogP contribution >= 0.6 is 0 Å². The molecule has 0 aromatic heterocycles. The minimum Gasteiger partial charge on any atom is -0.497 e. The van der Waals surface area contributed by atoms with Crippen molar-refractivity contribution in [2.75, 3.05) is 41.4 Å². The maximum absolute atomic E-state index is 5.15. The van der Waals surface area contributed by atoms with Gasteiger partial charge in [0.15, 0.2) is 0 Å². The molecule has 0 aliphatic rings. The zero-order valence-corrected chi connectivity index (χ0v) is 15.8. The largest absolute Gasteiger partial charge is 0.497 e. The molecule has 0 spiro atoms. The summed E-state index contributed by atoms with van der Waals surface area (Å²) in [6.07, 6.45) is 3.67. The molecule has 0 amide bonds. The van der Waals surface area contributed by atoms with Crippen LogP contribution in [-0.4, -0.2) is 63.9 Å². The lowest BCUT2D eigenvalue weighted by Crippen LogP contribution is -2.25. The molecule has 26 heavy (non-hydrogen) atoms. The molecule has 0 unspecified atom stereocenters. The molecule has 0 bridgehead atoms. The summed E-state index contributed by atoms with van der Waals surface area (Å²) in [6.45, 7) is 1.53. The number of hydrogen-bond acceptors (Lipinski definition) is 6. The van der Waals surface area contributed by atoms with Crippen molar-refractivity contribution in [3.05, 3.63) is 59.7 Å². The molecule has 0 heterocycles. The highest BCUT2D eigenvalue weighted by atomic mass is 16.5. The van der Waals surface area contributed by atoms with Crippen LogP contribution in [0.15, 0.2) is 58.7 Å². The van der Waals surface area contributed by atoms with Crippen molar-refractivity contribution in [1.29, 1.82) is 0 Å². The Bertz CT molecular complexity index is 648. The Hall–Kier alpha value is -3.02. The molecule has 0 aliphatic carbocycles. The van der Waals surface area contributed by atoms with Crippen LogP contribution < -0.4 is 9.47 Å². The van der Waals surface area contributed by atoms with E-state index >= 15 is 0 Å². The van der Waals surface area contributed by atoms with Crippen molar-refractivity contribution in [2.45, 2.75) is 0 Å². The van der Waals surface area contributed by atoms with E-state index in [1.165, 1.54) is 0 Å². The highest BCUT2D eigenvalue weighted by Crippen LogP contribution is 2.10. The van der Waals surface area contributed by atoms with Gasteiger partial charge in [-0.05, 0) is 59.7 Å². The van der Waals surface area contributed by atoms with Crippen molar-refractivity contribution in [2.24, 2.45) is 10.2 Å². The second kappa shape index (κ2) is 10.1. The van der Waals surface area contributed by atoms with Crippen LogP contribution in [-0.2, 0) is 0 Å². The highest BCUT2D eigenvalue weighted by molar-refractivity contribution is 5.80. The number of likely N-dealkylation sites (N-methyl/N-ethyl adjacent to an activating group) is 2. The Kier molecular flexibility index (Phi) is 7.49. The maximum Gasteiger partial charge on any atom is 0.118 e. The van der Waals surface area contributed by atoms with Gasteiger partial charge >= 0.3 is 0 Å². The zero-order valence-electron chi connectivity index (χ0n) is 15.8. The number of hydrazone groups is 2. The molecule has 0 radical (unpaired) electrons. The monoisotopic (exact) mass is 354 g/mol. The van der Waals surface area contributed by atoms with Crippen LogP contribution in [0.4, 0.5) is 0 Å². The molecule has 2 rings (SSSR count). The second-order valence-corrected chi connectivity index (χ2v) is 5.80. The molecule has 0 aliphatic heterocycles. The van der Waals surface area contributed by atoms with Gasteiger partial charge in [0.25, 0.3) is 0 Å². The number of nitrogens with zero attached hydrogens (tertiary/aromatic N) is 4. The lowest BCUT2D eigenvalue weighted by molar-refractivity contribution is 0.272. The lowest BCUT2D eigenvalue weighted by atomic mass is 10.2. The first-order chi connectivity index (χ1) is 12.6. The van der Waals surface area contributed by atoms with Crippen molar-refractivity contribution in [3.63, 3.8) is 0 Å². The van der Waals surface area contributed by atoms with E-state index in [1.54, 1.807) is 14.2 Å². The third-order valence-electron chi connectivity index (χ3n) is 3.79. The molecule has 0 N–H and O–H groups in total. The summed E-state index contributed by atoms with van der Waals surface area (Å²) in [5.74, 6) is 1.68. The predicted octanol–water partition coefficient (Wildman–Crippen LogP) is 2.94. The number of hydrogen-bond donors (Lipinski definition) is 0. The Morgan fingerprint density at radius 2 is 1.04 bits per heavy atom. The van der Waals surface area contributed by atoms with Gasteiger partial charge in [-0.25, -0.2) is 0 Å². The average molecular weight is 354 g/mol. The number of benzene rings is 2. The minimum absolute atomic E-state index is 0.767. The van der Waals surface area contributed by atoms with E-state index in [1.807, 2.05) is 85.1 Å². The van der Waals surface area contributed by atoms with Crippen molar-refractivity contribution >= 4 is 12.4 Å². The number of methoxy groups -OCH3 is 2. The molecular weight excluding hydrogens is 328 g/mol. The van der Waals surface area contributed by atoms with E-state index in [9.17, 15) is 0 Å². The fourth-order valence-electron chi connectivity index (χ4n) is 2.12. The van der Waals surface area contributed by atoms with E-state index in [-0.39, 0.29) is 0 Å². The number of rotatable bonds is 9. The average Bonchev–Trinajstić information content (AvgIpc) is 2.69. The summed E-state index contributed by atoms with van der Waals surface area (Å²) in [6, 6.07) is 15.6. The summed E-state index contributed by atoms with van der Waals surface area (Å²) < 4.78 is 10.3. The molecule has 0 saturated carbocycles. The quantitative estimate of drug-likeness (QED) is 0.513. The number of ether oxygens (including phenoxy) is 2. The van der Waals surface area contributed by atoms with Crippen molar-refractivity contribution < 1.29 is 9.47 Å². The van der Waals surface area contributed by atoms with Crippen LogP contribution in [0.25, 0.3) is 0 Å². The van der Waals surface area contributed by atoms with E-state index in [2.05, 4.69) is 10.2 Å². The molecule has 2 aromatic rings. The molecule has 6 nitrogen and oxygen atoms in total. The SMILES string of the molecule is COc1ccc(C=NN(C)CCN(C)N=Cc2ccc(OC)cc2)cc1. The van der Waals surface area contributed by atoms with Gasteiger partial charge < -0.3 is 9.47 Å². The lowest BCUT2D eigenvalue weighted by Gasteiger charge is -2.17. The summed E-state index contributed by atoms with van der Waals surface area (Å²) in [5, 5.41) is 12.7. The third-order valence-corrected chi connectivity index (χ3v) is 3.79. The molecular formula is C20H26N4O2. The maximum atomic E-state index is 5.15. The normalized spacial score (nSPS) is 11.1. The van der Waals surface area contributed by atoms with E-state index in [0.29, 0.717) is 0 Å². The summed E-state index contributed by atoms with van der Waals surface area (Å²) in [5.41, 5.74) is 2.06. The molecule has 138 valence electrons. The Morgan fingerprint density at radius 3 is 1.35 bits per heavy atom. The van der Waals surface area contributed by atoms with Crippen molar-refractivity contribution in [3.8, 4) is 11.5 Å². The van der Waals surface area contributed by atoms with Gasteiger partial charge in [-0.2, -0.15) is 10.2 Å². The van der Waals surface area contributed by atoms with Crippen LogP contribution in [0.2, 0.25) is 0 Å². The fourth-order valence-corrected chi connectivity index (χ4v) is 2.12. The van der Waals surface area contributed by atoms with E-state index < -0.39 is 0 Å². The smallest absolute Gasteiger partial charge is 0.118 e. The second-order valence-electron chi connectivity index (χ2n) is 5.80. The van der Waals surface area contributed by atoms with Gasteiger partial charge in [0, 0.05) is 14.1 Å². The first-order valence-electron chi connectivity index (χ1n) is 8.39. The van der Waals surface area contributed by atoms with Gasteiger partial charge in [0.1, 0.15) is 11.5 Å². The van der Waals surface area contributed by atoms with Crippen LogP contribution in [0, 0.1) is 0 Å². The molecule has 6 heteroatoms. The summed E-state index contributed by atoms with van der Waals surface area (Å²) >= 11 is 0. The first kappa shape index (κ1) is 19.3. The minimum atomic E-state index is 0.767. The van der Waals surface area contributed by atoms with Gasteiger partial charge in [-0.1, -0.05) is 0 Å². The molecule has 0 saturated heterocycles. The van der Waals surface area contributed by atoms with E-state index in [4.69, 9.17) is 9.47 Å². The van der Waals surface area contributed by atoms with Gasteiger partial charge in [0.2, 0.25) is 0 Å². The Balaban J connectivity index is 1.77. The standard InChI is InChI=1S/C20H26N4O2/c1-23(21-15-17-5-9-19(25-3)10-6-17)13-14-24(2)22-16-18-7-11-20(26-4)12-8-18/h5-12,15-16H,13-14H2,1-4H3. The third kappa shape index (κ3) is 6.47. The fraction of sp³-hybridized carbons (Fsp3) is 0.300. The van der Waals surface area contributed by atoms with Gasteiger partial charge in [-0.3, -0.25) is 10.0 Å². The predicted molar refractivity (Wildman–Crippen MR) is 106 cm³/mol. The topological polar surface area (TPSA) is 49.7 Å². The molecule has 0 atom stereocenters. The van der Waals surface area contributed by atoms with Gasteiger partial charge in [-0.15, -0.1) is 0 Å².